The van der Waals surface area contributed by atoms with Gasteiger partial charge in [0.15, 0.2) is 0 Å². The van der Waals surface area contributed by atoms with E-state index in [1.54, 1.807) is 16.9 Å². The third kappa shape index (κ3) is 2.41. The van der Waals surface area contributed by atoms with Crippen LogP contribution in [-0.4, -0.2) is 32.9 Å². The van der Waals surface area contributed by atoms with Crippen LogP contribution in [0.15, 0.2) is 12.3 Å². The smallest absolute Gasteiger partial charge is 0.270 e. The fraction of sp³-hybridized carbons (Fsp3) is 0.692. The molecule has 1 heterocycles. The van der Waals surface area contributed by atoms with E-state index >= 15 is 0 Å². The van der Waals surface area contributed by atoms with Crippen LogP contribution in [0.1, 0.15) is 50.1 Å². The molecule has 2 N–H and O–H groups in total. The lowest BCUT2D eigenvalue weighted by Crippen LogP contribution is -2.51. The minimum Gasteiger partial charge on any atom is -0.394 e. The van der Waals surface area contributed by atoms with E-state index < -0.39 is 5.54 Å². The van der Waals surface area contributed by atoms with E-state index in [0.717, 1.165) is 12.8 Å². The van der Waals surface area contributed by atoms with Crippen molar-refractivity contribution >= 4 is 5.91 Å². The first kappa shape index (κ1) is 13.1. The van der Waals surface area contributed by atoms with Gasteiger partial charge in [0, 0.05) is 12.2 Å². The number of carbonyl (C=O) groups is 1. The van der Waals surface area contributed by atoms with Gasteiger partial charge in [0.2, 0.25) is 0 Å². The predicted molar refractivity (Wildman–Crippen MR) is 68.3 cm³/mol. The van der Waals surface area contributed by atoms with Gasteiger partial charge in [-0.15, -0.1) is 0 Å². The summed E-state index contributed by atoms with van der Waals surface area (Å²) in [5, 5.41) is 16.6. The van der Waals surface area contributed by atoms with Gasteiger partial charge in [-0.3, -0.25) is 9.48 Å². The number of aliphatic hydroxyl groups excluding tert-OH is 1. The van der Waals surface area contributed by atoms with Crippen molar-refractivity contribution in [1.29, 1.82) is 0 Å². The normalized spacial score (nSPS) is 18.7. The Morgan fingerprint density at radius 1 is 1.67 bits per heavy atom. The summed E-state index contributed by atoms with van der Waals surface area (Å²) < 4.78 is 1.69. The Balaban J connectivity index is 2.14. The predicted octanol–water partition coefficient (Wildman–Crippen LogP) is 1.35. The Labute approximate surface area is 107 Å². The van der Waals surface area contributed by atoms with Crippen molar-refractivity contribution in [3.05, 3.63) is 18.0 Å². The van der Waals surface area contributed by atoms with Gasteiger partial charge in [-0.25, -0.2) is 0 Å². The van der Waals surface area contributed by atoms with E-state index in [1.807, 2.05) is 20.8 Å². The molecule has 100 valence electrons. The number of rotatable bonds is 5. The van der Waals surface area contributed by atoms with Gasteiger partial charge >= 0.3 is 0 Å². The van der Waals surface area contributed by atoms with Crippen LogP contribution >= 0.6 is 0 Å². The highest BCUT2D eigenvalue weighted by Gasteiger charge is 2.42. The topological polar surface area (TPSA) is 67.2 Å². The average molecular weight is 251 g/mol. The van der Waals surface area contributed by atoms with Crippen LogP contribution in [0.3, 0.4) is 0 Å². The van der Waals surface area contributed by atoms with Crippen LogP contribution in [0.25, 0.3) is 0 Å². The second-order valence-corrected chi connectivity index (χ2v) is 5.56. The Bertz CT molecular complexity index is 437. The molecule has 5 nitrogen and oxygen atoms in total. The van der Waals surface area contributed by atoms with E-state index in [0.29, 0.717) is 11.6 Å². The maximum Gasteiger partial charge on any atom is 0.270 e. The second kappa shape index (κ2) is 4.72. The van der Waals surface area contributed by atoms with Gasteiger partial charge in [-0.1, -0.05) is 0 Å². The number of hydrogen-bond donors (Lipinski definition) is 2. The molecule has 1 aliphatic carbocycles. The summed E-state index contributed by atoms with van der Waals surface area (Å²) in [4.78, 5) is 12.3. The zero-order valence-corrected chi connectivity index (χ0v) is 11.2. The number of aliphatic hydroxyl groups is 1. The van der Waals surface area contributed by atoms with Crippen molar-refractivity contribution < 1.29 is 9.90 Å². The van der Waals surface area contributed by atoms with Crippen molar-refractivity contribution in [2.24, 2.45) is 5.92 Å². The number of aromatic nitrogens is 2. The van der Waals surface area contributed by atoms with Crippen molar-refractivity contribution in [3.8, 4) is 0 Å². The minimum absolute atomic E-state index is 0.0285. The molecule has 1 atom stereocenters. The van der Waals surface area contributed by atoms with E-state index in [9.17, 15) is 9.90 Å². The maximum atomic E-state index is 12.3. The average Bonchev–Trinajstić information content (AvgIpc) is 3.06. The first-order chi connectivity index (χ1) is 8.48. The summed E-state index contributed by atoms with van der Waals surface area (Å²) in [6.07, 6.45) is 3.77. The highest BCUT2D eigenvalue weighted by molar-refractivity contribution is 5.93. The number of nitrogens with zero attached hydrogens (tertiary/aromatic N) is 2. The SMILES string of the molecule is CC(C)n1nccc1C(=O)NC(C)(CO)C1CC1. The monoisotopic (exact) mass is 251 g/mol. The molecule has 2 rings (SSSR count). The molecule has 0 radical (unpaired) electrons. The first-order valence-electron chi connectivity index (χ1n) is 6.45. The molecule has 1 saturated carbocycles. The zero-order valence-electron chi connectivity index (χ0n) is 11.2. The van der Waals surface area contributed by atoms with E-state index in [2.05, 4.69) is 10.4 Å². The van der Waals surface area contributed by atoms with Crippen molar-refractivity contribution in [2.75, 3.05) is 6.61 Å². The van der Waals surface area contributed by atoms with E-state index in [1.165, 1.54) is 0 Å². The largest absolute Gasteiger partial charge is 0.394 e. The number of amides is 1. The summed E-state index contributed by atoms with van der Waals surface area (Å²) in [7, 11) is 0. The maximum absolute atomic E-state index is 12.3. The zero-order chi connectivity index (χ0) is 13.3. The van der Waals surface area contributed by atoms with Crippen LogP contribution in [-0.2, 0) is 0 Å². The van der Waals surface area contributed by atoms with Gasteiger partial charge in [0.05, 0.1) is 12.1 Å². The summed E-state index contributed by atoms with van der Waals surface area (Å²) in [5.41, 5.74) is 0.0358. The molecule has 0 aliphatic heterocycles. The summed E-state index contributed by atoms with van der Waals surface area (Å²) in [5.74, 6) is 0.228. The molecule has 1 amide bonds. The molecule has 5 heteroatoms. The Morgan fingerprint density at radius 2 is 2.33 bits per heavy atom. The Morgan fingerprint density at radius 3 is 2.83 bits per heavy atom. The number of nitrogens with one attached hydrogen (secondary N) is 1. The molecule has 1 aromatic rings. The van der Waals surface area contributed by atoms with Gasteiger partial charge < -0.3 is 10.4 Å². The van der Waals surface area contributed by atoms with Gasteiger partial charge in [-0.05, 0) is 45.6 Å². The number of carbonyl (C=O) groups excluding carboxylic acids is 1. The molecule has 0 aromatic carbocycles. The molecule has 0 spiro atoms. The third-order valence-corrected chi connectivity index (χ3v) is 3.60. The summed E-state index contributed by atoms with van der Waals surface area (Å²) >= 11 is 0. The highest BCUT2D eigenvalue weighted by Crippen LogP contribution is 2.39. The number of hydrogen-bond acceptors (Lipinski definition) is 3. The fourth-order valence-corrected chi connectivity index (χ4v) is 2.22. The lowest BCUT2D eigenvalue weighted by molar-refractivity contribution is 0.0812. The lowest BCUT2D eigenvalue weighted by Gasteiger charge is -2.29. The van der Waals surface area contributed by atoms with Gasteiger partial charge in [0.1, 0.15) is 5.69 Å². The van der Waals surface area contributed by atoms with Crippen LogP contribution in [0.2, 0.25) is 0 Å². The van der Waals surface area contributed by atoms with Crippen LogP contribution in [0.4, 0.5) is 0 Å². The van der Waals surface area contributed by atoms with Gasteiger partial charge in [-0.2, -0.15) is 5.10 Å². The molecule has 1 fully saturated rings. The molecular weight excluding hydrogens is 230 g/mol. The lowest BCUT2D eigenvalue weighted by atomic mass is 9.97. The molecule has 18 heavy (non-hydrogen) atoms. The molecular formula is C13H21N3O2. The third-order valence-electron chi connectivity index (χ3n) is 3.60. The van der Waals surface area contributed by atoms with Crippen molar-refractivity contribution in [3.63, 3.8) is 0 Å². The Hall–Kier alpha value is -1.36. The van der Waals surface area contributed by atoms with Crippen molar-refractivity contribution in [1.82, 2.24) is 15.1 Å². The summed E-state index contributed by atoms with van der Waals surface area (Å²) in [6.45, 7) is 5.84. The molecule has 1 aliphatic rings. The standard InChI is InChI=1S/C13H21N3O2/c1-9(2)16-11(6-7-14-16)12(18)15-13(3,8-17)10-4-5-10/h6-7,9-10,17H,4-5,8H2,1-3H3,(H,15,18). The molecule has 0 bridgehead atoms. The summed E-state index contributed by atoms with van der Waals surface area (Å²) in [6, 6.07) is 1.85. The molecule has 0 saturated heterocycles. The minimum atomic E-state index is -0.511. The van der Waals surface area contributed by atoms with Crippen LogP contribution < -0.4 is 5.32 Å². The van der Waals surface area contributed by atoms with Gasteiger partial charge in [0.25, 0.3) is 5.91 Å². The second-order valence-electron chi connectivity index (χ2n) is 5.56. The Kier molecular flexibility index (Phi) is 3.43. The molecule has 1 aromatic heterocycles. The first-order valence-corrected chi connectivity index (χ1v) is 6.45. The van der Waals surface area contributed by atoms with Crippen LogP contribution in [0.5, 0.6) is 0 Å². The highest BCUT2D eigenvalue weighted by atomic mass is 16.3. The quantitative estimate of drug-likeness (QED) is 0.830. The fourth-order valence-electron chi connectivity index (χ4n) is 2.22. The van der Waals surface area contributed by atoms with Crippen LogP contribution in [0, 0.1) is 5.92 Å². The van der Waals surface area contributed by atoms with E-state index in [4.69, 9.17) is 0 Å². The molecule has 1 unspecified atom stereocenters. The van der Waals surface area contributed by atoms with E-state index in [-0.39, 0.29) is 18.6 Å². The van der Waals surface area contributed by atoms with Crippen molar-refractivity contribution in [2.45, 2.75) is 45.2 Å².